The van der Waals surface area contributed by atoms with Crippen molar-refractivity contribution >= 4 is 22.9 Å². The smallest absolute Gasteiger partial charge is 0.242 e. The van der Waals surface area contributed by atoms with Crippen LogP contribution in [0.5, 0.6) is 0 Å². The number of hydrogen-bond acceptors (Lipinski definition) is 4. The molecule has 0 unspecified atom stereocenters. The second-order valence-electron chi connectivity index (χ2n) is 6.62. The van der Waals surface area contributed by atoms with Gasteiger partial charge in [-0.05, 0) is 31.4 Å². The summed E-state index contributed by atoms with van der Waals surface area (Å²) >= 11 is 0. The summed E-state index contributed by atoms with van der Waals surface area (Å²) in [4.78, 5) is 32.3. The molecular formula is C18H21N3O3. The van der Waals surface area contributed by atoms with Crippen LogP contribution in [-0.2, 0) is 9.59 Å². The highest BCUT2D eigenvalue weighted by Gasteiger charge is 2.30. The van der Waals surface area contributed by atoms with E-state index < -0.39 is 0 Å². The summed E-state index contributed by atoms with van der Waals surface area (Å²) < 4.78 is 5.87. The molecule has 0 radical (unpaired) electrons. The number of carbonyl (C=O) groups excluding carboxylic acids is 2. The number of piperidine rings is 1. The Morgan fingerprint density at radius 2 is 2.12 bits per heavy atom. The standard InChI is InChI=1S/C18H21N3O3/c22-16-8-4-10-21(16)12-17(23)20-9-3-5-13(11-20)18-19-14-6-1-2-7-15(14)24-18/h1-2,6-7,13H,3-5,8-12H2/t13-/m0/s1. The Hall–Kier alpha value is -2.37. The summed E-state index contributed by atoms with van der Waals surface area (Å²) in [6.07, 6.45) is 3.33. The molecule has 2 aliphatic heterocycles. The molecule has 1 atom stereocenters. The van der Waals surface area contributed by atoms with Crippen molar-refractivity contribution in [2.45, 2.75) is 31.6 Å². The van der Waals surface area contributed by atoms with Gasteiger partial charge in [0.1, 0.15) is 5.52 Å². The van der Waals surface area contributed by atoms with Crippen molar-refractivity contribution in [1.82, 2.24) is 14.8 Å². The van der Waals surface area contributed by atoms with Crippen LogP contribution in [0.4, 0.5) is 0 Å². The summed E-state index contributed by atoms with van der Waals surface area (Å²) in [5, 5.41) is 0. The number of hydrogen-bond donors (Lipinski definition) is 0. The van der Waals surface area contributed by atoms with Crippen molar-refractivity contribution in [3.8, 4) is 0 Å². The summed E-state index contributed by atoms with van der Waals surface area (Å²) in [5.41, 5.74) is 1.65. The number of benzene rings is 1. The SMILES string of the molecule is O=C1CCCN1CC(=O)N1CCC[C@H](c2nc3ccccc3o2)C1. The molecule has 2 saturated heterocycles. The first-order valence-electron chi connectivity index (χ1n) is 8.62. The highest BCUT2D eigenvalue weighted by atomic mass is 16.3. The first-order chi connectivity index (χ1) is 11.7. The Morgan fingerprint density at radius 1 is 1.25 bits per heavy atom. The van der Waals surface area contributed by atoms with Crippen molar-refractivity contribution in [1.29, 1.82) is 0 Å². The molecule has 2 amide bonds. The van der Waals surface area contributed by atoms with Crippen LogP contribution in [-0.4, -0.2) is 52.8 Å². The van der Waals surface area contributed by atoms with Gasteiger partial charge in [-0.15, -0.1) is 0 Å². The molecule has 2 aliphatic rings. The third-order valence-corrected chi connectivity index (χ3v) is 4.93. The lowest BCUT2D eigenvalue weighted by Crippen LogP contribution is -2.45. The second-order valence-corrected chi connectivity index (χ2v) is 6.62. The van der Waals surface area contributed by atoms with Crippen molar-refractivity contribution < 1.29 is 14.0 Å². The molecule has 0 N–H and O–H groups in total. The second kappa shape index (κ2) is 6.26. The highest BCUT2D eigenvalue weighted by molar-refractivity contribution is 5.86. The number of amides is 2. The van der Waals surface area contributed by atoms with Crippen LogP contribution in [0, 0.1) is 0 Å². The Morgan fingerprint density at radius 3 is 2.92 bits per heavy atom. The molecule has 2 fully saturated rings. The number of likely N-dealkylation sites (tertiary alicyclic amines) is 2. The maximum atomic E-state index is 12.5. The lowest BCUT2D eigenvalue weighted by Gasteiger charge is -2.32. The minimum atomic E-state index is 0.0334. The zero-order chi connectivity index (χ0) is 16.5. The summed E-state index contributed by atoms with van der Waals surface area (Å²) in [6.45, 7) is 2.28. The van der Waals surface area contributed by atoms with E-state index in [4.69, 9.17) is 4.42 Å². The minimum Gasteiger partial charge on any atom is -0.440 e. The summed E-state index contributed by atoms with van der Waals surface area (Å²) in [7, 11) is 0. The van der Waals surface area contributed by atoms with Crippen LogP contribution in [0.15, 0.2) is 28.7 Å². The van der Waals surface area contributed by atoms with Crippen LogP contribution >= 0.6 is 0 Å². The van der Waals surface area contributed by atoms with Gasteiger partial charge in [-0.2, -0.15) is 0 Å². The Labute approximate surface area is 140 Å². The molecule has 126 valence electrons. The molecule has 0 bridgehead atoms. The molecule has 3 heterocycles. The van der Waals surface area contributed by atoms with E-state index in [2.05, 4.69) is 4.98 Å². The highest BCUT2D eigenvalue weighted by Crippen LogP contribution is 2.29. The van der Waals surface area contributed by atoms with Gasteiger partial charge in [-0.3, -0.25) is 9.59 Å². The van der Waals surface area contributed by atoms with Crippen LogP contribution < -0.4 is 0 Å². The van der Waals surface area contributed by atoms with E-state index in [1.165, 1.54) is 0 Å². The van der Waals surface area contributed by atoms with Crippen molar-refractivity contribution in [2.24, 2.45) is 0 Å². The number of aromatic nitrogens is 1. The number of para-hydroxylation sites is 2. The van der Waals surface area contributed by atoms with Crippen LogP contribution in [0.1, 0.15) is 37.5 Å². The fourth-order valence-corrected chi connectivity index (χ4v) is 3.60. The molecule has 6 heteroatoms. The van der Waals surface area contributed by atoms with Gasteiger partial charge in [0.25, 0.3) is 0 Å². The van der Waals surface area contributed by atoms with Crippen LogP contribution in [0.3, 0.4) is 0 Å². The third kappa shape index (κ3) is 2.88. The monoisotopic (exact) mass is 327 g/mol. The molecule has 6 nitrogen and oxygen atoms in total. The number of rotatable bonds is 3. The molecule has 1 aromatic heterocycles. The third-order valence-electron chi connectivity index (χ3n) is 4.93. The molecule has 0 spiro atoms. The molecule has 0 saturated carbocycles. The quantitative estimate of drug-likeness (QED) is 0.866. The predicted octanol–water partition coefficient (Wildman–Crippen LogP) is 2.16. The van der Waals surface area contributed by atoms with Gasteiger partial charge in [0.15, 0.2) is 11.5 Å². The number of carbonyl (C=O) groups is 2. The topological polar surface area (TPSA) is 66.7 Å². The largest absolute Gasteiger partial charge is 0.440 e. The maximum absolute atomic E-state index is 12.5. The molecule has 2 aromatic rings. The molecule has 4 rings (SSSR count). The maximum Gasteiger partial charge on any atom is 0.242 e. The van der Waals surface area contributed by atoms with Crippen molar-refractivity contribution in [2.75, 3.05) is 26.2 Å². The molecule has 24 heavy (non-hydrogen) atoms. The van der Waals surface area contributed by atoms with Gasteiger partial charge in [-0.25, -0.2) is 4.98 Å². The van der Waals surface area contributed by atoms with Gasteiger partial charge in [0.2, 0.25) is 11.8 Å². The molecule has 1 aromatic carbocycles. The fraction of sp³-hybridized carbons (Fsp3) is 0.500. The average molecular weight is 327 g/mol. The first kappa shape index (κ1) is 15.2. The van der Waals surface area contributed by atoms with Gasteiger partial charge >= 0.3 is 0 Å². The number of fused-ring (bicyclic) bond motifs is 1. The molecular weight excluding hydrogens is 306 g/mol. The zero-order valence-corrected chi connectivity index (χ0v) is 13.6. The van der Waals surface area contributed by atoms with E-state index in [0.717, 1.165) is 36.9 Å². The first-order valence-corrected chi connectivity index (χ1v) is 8.62. The minimum absolute atomic E-state index is 0.0334. The lowest BCUT2D eigenvalue weighted by molar-refractivity contribution is -0.139. The number of oxazole rings is 1. The van der Waals surface area contributed by atoms with Crippen molar-refractivity contribution in [3.63, 3.8) is 0 Å². The lowest BCUT2D eigenvalue weighted by atomic mass is 9.98. The van der Waals surface area contributed by atoms with Gasteiger partial charge in [-0.1, -0.05) is 12.1 Å². The van der Waals surface area contributed by atoms with E-state index in [-0.39, 0.29) is 24.3 Å². The van der Waals surface area contributed by atoms with Crippen LogP contribution in [0.2, 0.25) is 0 Å². The summed E-state index contributed by atoms with van der Waals surface area (Å²) in [6, 6.07) is 7.73. The van der Waals surface area contributed by atoms with Gasteiger partial charge in [0.05, 0.1) is 12.5 Å². The summed E-state index contributed by atoms with van der Waals surface area (Å²) in [5.74, 6) is 0.970. The molecule has 0 aliphatic carbocycles. The Kier molecular flexibility index (Phi) is 3.96. The van der Waals surface area contributed by atoms with E-state index >= 15 is 0 Å². The van der Waals surface area contributed by atoms with Crippen LogP contribution in [0.25, 0.3) is 11.1 Å². The van der Waals surface area contributed by atoms with Gasteiger partial charge < -0.3 is 14.2 Å². The van der Waals surface area contributed by atoms with E-state index in [1.54, 1.807) is 4.90 Å². The van der Waals surface area contributed by atoms with Gasteiger partial charge in [0, 0.05) is 26.1 Å². The normalized spacial score (nSPS) is 21.7. The Bertz CT molecular complexity index is 737. The average Bonchev–Trinajstić information content (AvgIpc) is 3.21. The predicted molar refractivity (Wildman–Crippen MR) is 88.4 cm³/mol. The van der Waals surface area contributed by atoms with E-state index in [0.29, 0.717) is 25.4 Å². The Balaban J connectivity index is 1.45. The van der Waals surface area contributed by atoms with Crippen molar-refractivity contribution in [3.05, 3.63) is 30.2 Å². The van der Waals surface area contributed by atoms with E-state index in [9.17, 15) is 9.59 Å². The number of nitrogens with zero attached hydrogens (tertiary/aromatic N) is 3. The zero-order valence-electron chi connectivity index (χ0n) is 13.6. The van der Waals surface area contributed by atoms with E-state index in [1.807, 2.05) is 29.2 Å². The fourth-order valence-electron chi connectivity index (χ4n) is 3.60.